The van der Waals surface area contributed by atoms with E-state index in [1.54, 1.807) is 18.4 Å². The van der Waals surface area contributed by atoms with Crippen molar-refractivity contribution in [3.8, 4) is 0 Å². The van der Waals surface area contributed by atoms with Crippen LogP contribution in [0.15, 0.2) is 15.7 Å². The van der Waals surface area contributed by atoms with Crippen molar-refractivity contribution in [2.45, 2.75) is 11.1 Å². The number of rotatable bonds is 3. The number of hydrogen-bond acceptors (Lipinski definition) is 5. The van der Waals surface area contributed by atoms with Gasteiger partial charge in [0.25, 0.3) is 9.84 Å². The van der Waals surface area contributed by atoms with Crippen molar-refractivity contribution in [3.05, 3.63) is 27.1 Å². The Morgan fingerprint density at radius 3 is 2.62 bits per heavy atom. The van der Waals surface area contributed by atoms with Crippen LogP contribution in [0.1, 0.15) is 5.56 Å². The van der Waals surface area contributed by atoms with Crippen LogP contribution in [-0.2, 0) is 9.84 Å². The molecular weight excluding hydrogens is 214 g/mol. The molecule has 0 saturated heterocycles. The maximum atomic E-state index is 11.3. The second-order valence-electron chi connectivity index (χ2n) is 2.47. The summed E-state index contributed by atoms with van der Waals surface area (Å²) in [5.41, 5.74) is 0.562. The third kappa shape index (κ3) is 2.25. The predicted molar refractivity (Wildman–Crippen MR) is 48.1 cm³/mol. The number of sulfone groups is 1. The minimum Gasteiger partial charge on any atom is -0.263 e. The van der Waals surface area contributed by atoms with Gasteiger partial charge in [-0.2, -0.15) is 0 Å². The summed E-state index contributed by atoms with van der Waals surface area (Å²) >= 11 is 1.01. The summed E-state index contributed by atoms with van der Waals surface area (Å²) in [4.78, 5) is 9.21. The molecule has 1 aromatic heterocycles. The number of nitro groups is 1. The Kier molecular flexibility index (Phi) is 2.67. The molecule has 7 heteroatoms. The molecule has 0 fully saturated rings. The topological polar surface area (TPSA) is 77.3 Å². The minimum atomic E-state index is -3.73. The Hall–Kier alpha value is -0.950. The third-order valence-corrected chi connectivity index (χ3v) is 4.67. The molecule has 0 saturated carbocycles. The second kappa shape index (κ2) is 3.43. The lowest BCUT2D eigenvalue weighted by atomic mass is 10.4. The quantitative estimate of drug-likeness (QED) is 0.565. The van der Waals surface area contributed by atoms with Crippen LogP contribution in [0.5, 0.6) is 0 Å². The first kappa shape index (κ1) is 10.1. The van der Waals surface area contributed by atoms with E-state index in [-0.39, 0.29) is 4.21 Å². The fraction of sp³-hybridized carbons (Fsp3) is 0.333. The molecule has 0 aliphatic heterocycles. The van der Waals surface area contributed by atoms with Gasteiger partial charge in [0.2, 0.25) is 0 Å². The van der Waals surface area contributed by atoms with E-state index in [2.05, 4.69) is 0 Å². The molecule has 0 bridgehead atoms. The Labute approximate surface area is 79.1 Å². The lowest BCUT2D eigenvalue weighted by Crippen LogP contribution is -2.14. The lowest BCUT2D eigenvalue weighted by Gasteiger charge is -1.96. The maximum absolute atomic E-state index is 11.3. The van der Waals surface area contributed by atoms with Crippen LogP contribution < -0.4 is 0 Å². The summed E-state index contributed by atoms with van der Waals surface area (Å²) in [5, 5.41) is 11.7. The molecule has 1 rings (SSSR count). The Balaban J connectivity index is 3.09. The van der Waals surface area contributed by atoms with Gasteiger partial charge in [-0.1, -0.05) is 0 Å². The van der Waals surface area contributed by atoms with Gasteiger partial charge in [0.05, 0.1) is 0 Å². The summed E-state index contributed by atoms with van der Waals surface area (Å²) < 4.78 is 22.7. The Bertz CT molecular complexity index is 420. The van der Waals surface area contributed by atoms with E-state index in [9.17, 15) is 18.5 Å². The van der Waals surface area contributed by atoms with Crippen molar-refractivity contribution in [1.29, 1.82) is 0 Å². The van der Waals surface area contributed by atoms with Gasteiger partial charge < -0.3 is 0 Å². The molecule has 5 nitrogen and oxygen atoms in total. The fourth-order valence-corrected chi connectivity index (χ4v) is 3.39. The highest BCUT2D eigenvalue weighted by Gasteiger charge is 2.24. The number of aryl methyl sites for hydroxylation is 1. The van der Waals surface area contributed by atoms with Gasteiger partial charge >= 0.3 is 5.88 Å². The number of hydrogen-bond donors (Lipinski definition) is 0. The van der Waals surface area contributed by atoms with Crippen molar-refractivity contribution >= 4 is 21.2 Å². The van der Waals surface area contributed by atoms with Gasteiger partial charge in [0.15, 0.2) is 0 Å². The number of thiophene rings is 1. The van der Waals surface area contributed by atoms with Crippen LogP contribution in [0.4, 0.5) is 0 Å². The fourth-order valence-electron chi connectivity index (χ4n) is 0.875. The van der Waals surface area contributed by atoms with E-state index in [1.807, 2.05) is 0 Å². The standard InChI is InChI=1S/C6H7NO4S2/c1-5-2-3-12-6(5)13(10,11)4-7(8)9/h2-3H,4H2,1H3. The molecule has 72 valence electrons. The average molecular weight is 221 g/mol. The van der Waals surface area contributed by atoms with E-state index < -0.39 is 20.6 Å². The Morgan fingerprint density at radius 2 is 2.23 bits per heavy atom. The van der Waals surface area contributed by atoms with Crippen LogP contribution in [0.2, 0.25) is 0 Å². The second-order valence-corrected chi connectivity index (χ2v) is 5.54. The molecule has 0 N–H and O–H groups in total. The lowest BCUT2D eigenvalue weighted by molar-refractivity contribution is -0.458. The van der Waals surface area contributed by atoms with Crippen molar-refractivity contribution in [1.82, 2.24) is 0 Å². The van der Waals surface area contributed by atoms with E-state index >= 15 is 0 Å². The highest BCUT2D eigenvalue weighted by Crippen LogP contribution is 2.22. The van der Waals surface area contributed by atoms with Gasteiger partial charge in [0.1, 0.15) is 4.21 Å². The zero-order chi connectivity index (χ0) is 10.1. The first-order valence-electron chi connectivity index (χ1n) is 3.32. The van der Waals surface area contributed by atoms with Gasteiger partial charge in [-0.05, 0) is 23.9 Å². The maximum Gasteiger partial charge on any atom is 0.306 e. The normalized spacial score (nSPS) is 11.5. The first-order chi connectivity index (χ1) is 5.93. The highest BCUT2D eigenvalue weighted by atomic mass is 32.2. The van der Waals surface area contributed by atoms with Crippen LogP contribution >= 0.6 is 11.3 Å². The minimum absolute atomic E-state index is 0.0872. The summed E-state index contributed by atoms with van der Waals surface area (Å²) in [6, 6.07) is 1.62. The average Bonchev–Trinajstić information content (AvgIpc) is 2.32. The Morgan fingerprint density at radius 1 is 1.62 bits per heavy atom. The van der Waals surface area contributed by atoms with Gasteiger partial charge in [0, 0.05) is 4.92 Å². The summed E-state index contributed by atoms with van der Waals surface area (Å²) in [7, 11) is -3.73. The molecule has 13 heavy (non-hydrogen) atoms. The molecule has 1 heterocycles. The molecule has 0 unspecified atom stereocenters. The molecule has 0 spiro atoms. The van der Waals surface area contributed by atoms with Crippen LogP contribution in [0, 0.1) is 17.0 Å². The van der Waals surface area contributed by atoms with Gasteiger partial charge in [-0.15, -0.1) is 11.3 Å². The summed E-state index contributed by atoms with van der Waals surface area (Å²) in [5.74, 6) is -1.03. The van der Waals surface area contributed by atoms with Crippen LogP contribution in [0.3, 0.4) is 0 Å². The highest BCUT2D eigenvalue weighted by molar-refractivity contribution is 7.93. The van der Waals surface area contributed by atoms with E-state index in [0.29, 0.717) is 5.56 Å². The summed E-state index contributed by atoms with van der Waals surface area (Å²) in [6.45, 7) is 1.61. The predicted octanol–water partition coefficient (Wildman–Crippen LogP) is 1.06. The van der Waals surface area contributed by atoms with Crippen LogP contribution in [-0.4, -0.2) is 19.2 Å². The molecule has 0 aliphatic rings. The molecule has 1 aromatic rings. The largest absolute Gasteiger partial charge is 0.306 e. The molecule has 0 amide bonds. The van der Waals surface area contributed by atoms with Crippen molar-refractivity contribution < 1.29 is 13.3 Å². The first-order valence-corrected chi connectivity index (χ1v) is 5.85. The molecule has 0 aromatic carbocycles. The molecule has 0 atom stereocenters. The van der Waals surface area contributed by atoms with Gasteiger partial charge in [-0.3, -0.25) is 10.1 Å². The smallest absolute Gasteiger partial charge is 0.263 e. The monoisotopic (exact) mass is 221 g/mol. The molecular formula is C6H7NO4S2. The van der Waals surface area contributed by atoms with E-state index in [1.165, 1.54) is 0 Å². The van der Waals surface area contributed by atoms with Gasteiger partial charge in [-0.25, -0.2) is 8.42 Å². The van der Waals surface area contributed by atoms with Crippen molar-refractivity contribution in [2.24, 2.45) is 0 Å². The van der Waals surface area contributed by atoms with Crippen molar-refractivity contribution in [2.75, 3.05) is 5.88 Å². The van der Waals surface area contributed by atoms with Crippen molar-refractivity contribution in [3.63, 3.8) is 0 Å². The summed E-state index contributed by atoms with van der Waals surface area (Å²) in [6.07, 6.45) is 0. The molecule has 0 radical (unpaired) electrons. The number of nitrogens with zero attached hydrogens (tertiary/aromatic N) is 1. The third-order valence-electron chi connectivity index (χ3n) is 1.37. The SMILES string of the molecule is Cc1ccsc1S(=O)(=O)C[N+](=O)[O-]. The van der Waals surface area contributed by atoms with E-state index in [4.69, 9.17) is 0 Å². The zero-order valence-corrected chi connectivity index (χ0v) is 8.39. The van der Waals surface area contributed by atoms with E-state index in [0.717, 1.165) is 11.3 Å². The van der Waals surface area contributed by atoms with Crippen LogP contribution in [0.25, 0.3) is 0 Å². The zero-order valence-electron chi connectivity index (χ0n) is 6.76. The molecule has 0 aliphatic carbocycles.